The molecule has 1 fully saturated rings. The lowest BCUT2D eigenvalue weighted by Gasteiger charge is -2.41. The lowest BCUT2D eigenvalue weighted by Crippen LogP contribution is -2.59. The number of carbonyl (C=O) groups is 1. The number of benzene rings is 1. The van der Waals surface area contributed by atoms with E-state index in [9.17, 15) is 9.90 Å². The Morgan fingerprint density at radius 1 is 1.33 bits per heavy atom. The SMILES string of the molecule is CN1CCN(CC(C)(NC2CC2)C(=O)O)c2ccccc21. The van der Waals surface area contributed by atoms with Crippen LogP contribution in [0.2, 0.25) is 0 Å². The average molecular weight is 289 g/mol. The van der Waals surface area contributed by atoms with Gasteiger partial charge in [0.25, 0.3) is 0 Å². The number of carboxylic acids is 1. The van der Waals surface area contributed by atoms with Gasteiger partial charge < -0.3 is 14.9 Å². The topological polar surface area (TPSA) is 55.8 Å². The van der Waals surface area contributed by atoms with Gasteiger partial charge in [0, 0.05) is 32.7 Å². The molecule has 0 radical (unpaired) electrons. The molecule has 0 saturated heterocycles. The summed E-state index contributed by atoms with van der Waals surface area (Å²) >= 11 is 0. The number of anilines is 2. The molecule has 1 aromatic rings. The zero-order valence-electron chi connectivity index (χ0n) is 12.7. The van der Waals surface area contributed by atoms with Gasteiger partial charge in [-0.15, -0.1) is 0 Å². The van der Waals surface area contributed by atoms with Crippen molar-refractivity contribution < 1.29 is 9.90 Å². The summed E-state index contributed by atoms with van der Waals surface area (Å²) < 4.78 is 0. The minimum Gasteiger partial charge on any atom is -0.480 e. The zero-order valence-corrected chi connectivity index (χ0v) is 12.7. The van der Waals surface area contributed by atoms with E-state index in [0.717, 1.165) is 31.6 Å². The zero-order chi connectivity index (χ0) is 15.0. The first-order valence-electron chi connectivity index (χ1n) is 7.56. The first-order chi connectivity index (χ1) is 9.99. The Morgan fingerprint density at radius 2 is 2.00 bits per heavy atom. The van der Waals surface area contributed by atoms with Gasteiger partial charge >= 0.3 is 5.97 Å². The highest BCUT2D eigenvalue weighted by molar-refractivity contribution is 5.81. The Bertz CT molecular complexity index is 544. The van der Waals surface area contributed by atoms with Crippen LogP contribution < -0.4 is 15.1 Å². The van der Waals surface area contributed by atoms with Crippen LogP contribution in [0.15, 0.2) is 24.3 Å². The van der Waals surface area contributed by atoms with Crippen LogP contribution in [0.4, 0.5) is 11.4 Å². The molecule has 21 heavy (non-hydrogen) atoms. The van der Waals surface area contributed by atoms with Crippen LogP contribution in [0.25, 0.3) is 0 Å². The molecule has 1 atom stereocenters. The smallest absolute Gasteiger partial charge is 0.325 e. The van der Waals surface area contributed by atoms with Crippen LogP contribution in [0.1, 0.15) is 19.8 Å². The fourth-order valence-corrected chi connectivity index (χ4v) is 2.97. The van der Waals surface area contributed by atoms with Crippen LogP contribution in [0.5, 0.6) is 0 Å². The van der Waals surface area contributed by atoms with Gasteiger partial charge in [-0.05, 0) is 31.9 Å². The van der Waals surface area contributed by atoms with E-state index in [0.29, 0.717) is 12.6 Å². The van der Waals surface area contributed by atoms with Crippen LogP contribution >= 0.6 is 0 Å². The molecule has 1 saturated carbocycles. The number of likely N-dealkylation sites (N-methyl/N-ethyl adjacent to an activating group) is 1. The van der Waals surface area contributed by atoms with Crippen molar-refractivity contribution in [3.05, 3.63) is 24.3 Å². The number of hydrogen-bond donors (Lipinski definition) is 2. The summed E-state index contributed by atoms with van der Waals surface area (Å²) in [5, 5.41) is 12.9. The van der Waals surface area contributed by atoms with Gasteiger partial charge in [-0.2, -0.15) is 0 Å². The molecule has 0 aromatic heterocycles. The average Bonchev–Trinajstić information content (AvgIpc) is 3.26. The number of carboxylic acid groups (broad SMARTS) is 1. The molecule has 3 rings (SSSR count). The predicted octanol–water partition coefficient (Wildman–Crippen LogP) is 1.54. The summed E-state index contributed by atoms with van der Waals surface area (Å²) in [5.41, 5.74) is 1.39. The van der Waals surface area contributed by atoms with E-state index in [1.165, 1.54) is 5.69 Å². The van der Waals surface area contributed by atoms with Gasteiger partial charge in [0.05, 0.1) is 11.4 Å². The maximum atomic E-state index is 11.7. The summed E-state index contributed by atoms with van der Waals surface area (Å²) in [6.07, 6.45) is 2.17. The molecule has 0 amide bonds. The molecule has 2 N–H and O–H groups in total. The van der Waals surface area contributed by atoms with E-state index in [-0.39, 0.29) is 0 Å². The summed E-state index contributed by atoms with van der Waals surface area (Å²) in [6, 6.07) is 8.57. The first kappa shape index (κ1) is 14.2. The van der Waals surface area contributed by atoms with Crippen molar-refractivity contribution in [3.8, 4) is 0 Å². The van der Waals surface area contributed by atoms with E-state index >= 15 is 0 Å². The monoisotopic (exact) mass is 289 g/mol. The van der Waals surface area contributed by atoms with Crippen molar-refractivity contribution in [2.75, 3.05) is 36.5 Å². The second-order valence-electron chi connectivity index (χ2n) is 6.39. The second kappa shape index (κ2) is 5.22. The molecule has 1 aromatic carbocycles. The fourth-order valence-electron chi connectivity index (χ4n) is 2.97. The van der Waals surface area contributed by atoms with Gasteiger partial charge in [0.1, 0.15) is 5.54 Å². The third-order valence-corrected chi connectivity index (χ3v) is 4.42. The largest absolute Gasteiger partial charge is 0.480 e. The van der Waals surface area contributed by atoms with Gasteiger partial charge in [-0.3, -0.25) is 10.1 Å². The Balaban J connectivity index is 1.83. The Labute approximate surface area is 125 Å². The number of hydrogen-bond acceptors (Lipinski definition) is 4. The number of fused-ring (bicyclic) bond motifs is 1. The highest BCUT2D eigenvalue weighted by Crippen LogP contribution is 2.33. The van der Waals surface area contributed by atoms with Gasteiger partial charge in [-0.25, -0.2) is 0 Å². The molecule has 0 bridgehead atoms. The molecular weight excluding hydrogens is 266 g/mol. The molecular formula is C16H23N3O2. The second-order valence-corrected chi connectivity index (χ2v) is 6.39. The summed E-state index contributed by atoms with van der Waals surface area (Å²) in [5.74, 6) is -0.772. The highest BCUT2D eigenvalue weighted by atomic mass is 16.4. The van der Waals surface area contributed by atoms with Crippen LogP contribution in [-0.2, 0) is 4.79 Å². The van der Waals surface area contributed by atoms with Crippen molar-refractivity contribution in [3.63, 3.8) is 0 Å². The lowest BCUT2D eigenvalue weighted by atomic mass is 10.00. The standard InChI is InChI=1S/C16H23N3O2/c1-16(15(20)21,17-12-7-8-12)11-19-10-9-18(2)13-5-3-4-6-14(13)19/h3-6,12,17H,7-11H2,1-2H3,(H,20,21). The molecule has 114 valence electrons. The molecule has 1 aliphatic heterocycles. The van der Waals surface area contributed by atoms with E-state index in [1.54, 1.807) is 6.92 Å². The number of nitrogens with zero attached hydrogens (tertiary/aromatic N) is 2. The van der Waals surface area contributed by atoms with Crippen LogP contribution in [0, 0.1) is 0 Å². The quantitative estimate of drug-likeness (QED) is 0.861. The van der Waals surface area contributed by atoms with Crippen LogP contribution in [0.3, 0.4) is 0 Å². The Kier molecular flexibility index (Phi) is 3.53. The van der Waals surface area contributed by atoms with E-state index in [1.807, 2.05) is 12.1 Å². The van der Waals surface area contributed by atoms with Crippen molar-refractivity contribution in [2.24, 2.45) is 0 Å². The van der Waals surface area contributed by atoms with Gasteiger partial charge in [0.15, 0.2) is 0 Å². The first-order valence-corrected chi connectivity index (χ1v) is 7.56. The van der Waals surface area contributed by atoms with E-state index in [2.05, 4.69) is 34.3 Å². The minimum atomic E-state index is -0.899. The van der Waals surface area contributed by atoms with Gasteiger partial charge in [0.2, 0.25) is 0 Å². The highest BCUT2D eigenvalue weighted by Gasteiger charge is 2.40. The van der Waals surface area contributed by atoms with E-state index in [4.69, 9.17) is 0 Å². The fraction of sp³-hybridized carbons (Fsp3) is 0.562. The third kappa shape index (κ3) is 2.83. The lowest BCUT2D eigenvalue weighted by molar-refractivity contribution is -0.143. The van der Waals surface area contributed by atoms with E-state index < -0.39 is 11.5 Å². The van der Waals surface area contributed by atoms with Gasteiger partial charge in [-0.1, -0.05) is 12.1 Å². The molecule has 1 aliphatic carbocycles. The van der Waals surface area contributed by atoms with Crippen molar-refractivity contribution in [1.29, 1.82) is 0 Å². The minimum absolute atomic E-state index is 0.369. The molecule has 1 heterocycles. The number of nitrogens with one attached hydrogen (secondary N) is 1. The normalized spacial score (nSPS) is 20.9. The summed E-state index contributed by atoms with van der Waals surface area (Å²) in [4.78, 5) is 16.1. The molecule has 5 heteroatoms. The number of aliphatic carboxylic acids is 1. The molecule has 2 aliphatic rings. The predicted molar refractivity (Wildman–Crippen MR) is 84.1 cm³/mol. The maximum absolute atomic E-state index is 11.7. The van der Waals surface area contributed by atoms with Crippen molar-refractivity contribution in [1.82, 2.24) is 5.32 Å². The number of para-hydroxylation sites is 2. The maximum Gasteiger partial charge on any atom is 0.325 e. The molecule has 1 unspecified atom stereocenters. The summed E-state index contributed by atoms with van der Waals surface area (Å²) in [7, 11) is 2.08. The number of rotatable bonds is 5. The Hall–Kier alpha value is -1.75. The molecule has 0 spiro atoms. The van der Waals surface area contributed by atoms with Crippen LogP contribution in [-0.4, -0.2) is 49.3 Å². The third-order valence-electron chi connectivity index (χ3n) is 4.42. The molecule has 5 nitrogen and oxygen atoms in total. The summed E-state index contributed by atoms with van der Waals surface area (Å²) in [6.45, 7) is 4.05. The van der Waals surface area contributed by atoms with Crippen molar-refractivity contribution in [2.45, 2.75) is 31.3 Å². The Morgan fingerprint density at radius 3 is 2.62 bits per heavy atom. The van der Waals surface area contributed by atoms with Crippen molar-refractivity contribution >= 4 is 17.3 Å².